The largest absolute Gasteiger partial charge is 0.482 e. The van der Waals surface area contributed by atoms with Crippen molar-refractivity contribution in [1.82, 2.24) is 0 Å². The Morgan fingerprint density at radius 3 is 2.79 bits per heavy atom. The minimum atomic E-state index is -4.52. The molecule has 2 N–H and O–H groups in total. The summed E-state index contributed by atoms with van der Waals surface area (Å²) in [5, 5.41) is 5.45. The van der Waals surface area contributed by atoms with E-state index >= 15 is 0 Å². The summed E-state index contributed by atoms with van der Waals surface area (Å²) in [5.74, 6) is -0.257. The number of ether oxygens (including phenoxy) is 1. The van der Waals surface area contributed by atoms with E-state index in [0.29, 0.717) is 17.9 Å². The van der Waals surface area contributed by atoms with Crippen molar-refractivity contribution in [1.29, 1.82) is 0 Å². The number of anilines is 2. The molecule has 0 aliphatic carbocycles. The van der Waals surface area contributed by atoms with Crippen molar-refractivity contribution >= 4 is 46.6 Å². The molecule has 1 heterocycles. The smallest absolute Gasteiger partial charge is 0.422 e. The van der Waals surface area contributed by atoms with Crippen molar-refractivity contribution in [2.45, 2.75) is 17.5 Å². The standard InChI is InChI=1S/C18H14ClF3N2O3S/c19-11-2-3-14(27-9-18(20,21)22)12(8-11)24-17(26)10-1-4-15-13(7-10)23-16(25)5-6-28-15/h1-4,7-8H,5-6,9H2,(H,23,25)(H,24,26). The van der Waals surface area contributed by atoms with Gasteiger partial charge >= 0.3 is 6.18 Å². The van der Waals surface area contributed by atoms with Gasteiger partial charge in [0.15, 0.2) is 6.61 Å². The van der Waals surface area contributed by atoms with Crippen molar-refractivity contribution in [3.63, 3.8) is 0 Å². The van der Waals surface area contributed by atoms with E-state index in [1.54, 1.807) is 12.1 Å². The number of rotatable bonds is 4. The van der Waals surface area contributed by atoms with E-state index in [-0.39, 0.29) is 27.9 Å². The molecule has 2 amide bonds. The first-order valence-electron chi connectivity index (χ1n) is 8.08. The molecule has 10 heteroatoms. The molecule has 1 aliphatic heterocycles. The van der Waals surface area contributed by atoms with Crippen molar-refractivity contribution in [3.05, 3.63) is 47.0 Å². The van der Waals surface area contributed by atoms with Crippen LogP contribution in [0.3, 0.4) is 0 Å². The van der Waals surface area contributed by atoms with Gasteiger partial charge in [0.05, 0.1) is 11.4 Å². The van der Waals surface area contributed by atoms with Gasteiger partial charge < -0.3 is 15.4 Å². The first kappa shape index (κ1) is 20.3. The predicted octanol–water partition coefficient (Wildman–Crippen LogP) is 4.97. The zero-order chi connectivity index (χ0) is 20.3. The average Bonchev–Trinajstić information content (AvgIpc) is 2.80. The Kier molecular flexibility index (Phi) is 6.04. The molecule has 28 heavy (non-hydrogen) atoms. The molecule has 148 valence electrons. The fraction of sp³-hybridized carbons (Fsp3) is 0.222. The van der Waals surface area contributed by atoms with Crippen molar-refractivity contribution < 1.29 is 27.5 Å². The van der Waals surface area contributed by atoms with Gasteiger partial charge in [-0.1, -0.05) is 11.6 Å². The lowest BCUT2D eigenvalue weighted by atomic mass is 10.1. The molecular weight excluding hydrogens is 417 g/mol. The molecule has 3 rings (SSSR count). The van der Waals surface area contributed by atoms with Gasteiger partial charge in [-0.05, 0) is 36.4 Å². The summed E-state index contributed by atoms with van der Waals surface area (Å²) in [6, 6.07) is 8.70. The van der Waals surface area contributed by atoms with Crippen molar-refractivity contribution in [2.24, 2.45) is 0 Å². The Labute approximate surface area is 167 Å². The highest BCUT2D eigenvalue weighted by atomic mass is 35.5. The highest BCUT2D eigenvalue weighted by Crippen LogP contribution is 2.33. The maximum absolute atomic E-state index is 12.6. The van der Waals surface area contributed by atoms with E-state index in [1.165, 1.54) is 36.0 Å². The maximum atomic E-state index is 12.6. The Bertz CT molecular complexity index is 921. The summed E-state index contributed by atoms with van der Waals surface area (Å²) in [5.41, 5.74) is 0.748. The van der Waals surface area contributed by atoms with Crippen LogP contribution in [0, 0.1) is 0 Å². The van der Waals surface area contributed by atoms with Crippen LogP contribution in [0.15, 0.2) is 41.3 Å². The van der Waals surface area contributed by atoms with E-state index in [1.807, 2.05) is 0 Å². The van der Waals surface area contributed by atoms with Crippen LogP contribution in [-0.2, 0) is 4.79 Å². The normalized spacial score (nSPS) is 13.9. The Hall–Kier alpha value is -2.39. The van der Waals surface area contributed by atoms with Crippen LogP contribution in [0.25, 0.3) is 0 Å². The molecule has 0 saturated heterocycles. The third-order valence-corrected chi connectivity index (χ3v) is 4.99. The highest BCUT2D eigenvalue weighted by molar-refractivity contribution is 7.99. The zero-order valence-corrected chi connectivity index (χ0v) is 15.8. The van der Waals surface area contributed by atoms with Crippen LogP contribution in [0.5, 0.6) is 5.75 Å². The van der Waals surface area contributed by atoms with Gasteiger partial charge in [-0.15, -0.1) is 11.8 Å². The molecule has 0 spiro atoms. The fourth-order valence-electron chi connectivity index (χ4n) is 2.44. The summed E-state index contributed by atoms with van der Waals surface area (Å²) in [6.45, 7) is -1.50. The number of hydrogen-bond acceptors (Lipinski definition) is 4. The SMILES string of the molecule is O=C1CCSc2ccc(C(=O)Nc3cc(Cl)ccc3OCC(F)(F)F)cc2N1. The second-order valence-corrected chi connectivity index (χ2v) is 7.43. The van der Waals surface area contributed by atoms with E-state index in [0.717, 1.165) is 4.90 Å². The number of carbonyl (C=O) groups is 2. The average molecular weight is 431 g/mol. The minimum absolute atomic E-state index is 0.00936. The van der Waals surface area contributed by atoms with Crippen LogP contribution in [-0.4, -0.2) is 30.4 Å². The predicted molar refractivity (Wildman–Crippen MR) is 101 cm³/mol. The Morgan fingerprint density at radius 2 is 2.04 bits per heavy atom. The Balaban J connectivity index is 1.81. The summed E-state index contributed by atoms with van der Waals surface area (Å²) in [4.78, 5) is 25.1. The second kappa shape index (κ2) is 8.32. The fourth-order valence-corrected chi connectivity index (χ4v) is 3.55. The summed E-state index contributed by atoms with van der Waals surface area (Å²) in [7, 11) is 0. The van der Waals surface area contributed by atoms with E-state index in [4.69, 9.17) is 16.3 Å². The van der Waals surface area contributed by atoms with Gasteiger partial charge in [-0.3, -0.25) is 9.59 Å². The van der Waals surface area contributed by atoms with E-state index in [2.05, 4.69) is 10.6 Å². The zero-order valence-electron chi connectivity index (χ0n) is 14.2. The number of halogens is 4. The lowest BCUT2D eigenvalue weighted by Crippen LogP contribution is -2.20. The molecule has 0 radical (unpaired) electrons. The molecule has 5 nitrogen and oxygen atoms in total. The molecule has 2 aromatic rings. The van der Waals surface area contributed by atoms with Crippen molar-refractivity contribution in [2.75, 3.05) is 23.0 Å². The third-order valence-electron chi connectivity index (χ3n) is 3.68. The molecule has 0 unspecified atom stereocenters. The van der Waals surface area contributed by atoms with Crippen LogP contribution >= 0.6 is 23.4 Å². The quantitative estimate of drug-likeness (QED) is 0.718. The molecule has 2 aromatic carbocycles. The van der Waals surface area contributed by atoms with E-state index in [9.17, 15) is 22.8 Å². The van der Waals surface area contributed by atoms with Gasteiger partial charge in [0.1, 0.15) is 5.75 Å². The van der Waals surface area contributed by atoms with Crippen LogP contribution in [0.2, 0.25) is 5.02 Å². The van der Waals surface area contributed by atoms with Crippen LogP contribution < -0.4 is 15.4 Å². The van der Waals surface area contributed by atoms with E-state index < -0.39 is 18.7 Å². The number of nitrogens with one attached hydrogen (secondary N) is 2. The van der Waals surface area contributed by atoms with Gasteiger partial charge in [0, 0.05) is 27.7 Å². The summed E-state index contributed by atoms with van der Waals surface area (Å²) < 4.78 is 42.0. The Morgan fingerprint density at radius 1 is 1.25 bits per heavy atom. The second-order valence-electron chi connectivity index (χ2n) is 5.86. The number of fused-ring (bicyclic) bond motifs is 1. The minimum Gasteiger partial charge on any atom is -0.482 e. The molecule has 1 aliphatic rings. The lowest BCUT2D eigenvalue weighted by molar-refractivity contribution is -0.153. The highest BCUT2D eigenvalue weighted by Gasteiger charge is 2.29. The van der Waals surface area contributed by atoms with Gasteiger partial charge in [0.2, 0.25) is 5.91 Å². The first-order valence-corrected chi connectivity index (χ1v) is 9.45. The number of hydrogen-bond donors (Lipinski definition) is 2. The van der Waals surface area contributed by atoms with Crippen LogP contribution in [0.4, 0.5) is 24.5 Å². The third kappa shape index (κ3) is 5.32. The molecule has 0 bridgehead atoms. The first-order chi connectivity index (χ1) is 13.2. The molecule has 0 atom stereocenters. The van der Waals surface area contributed by atoms with Gasteiger partial charge in [0.25, 0.3) is 5.91 Å². The number of alkyl halides is 3. The van der Waals surface area contributed by atoms with Gasteiger partial charge in [-0.2, -0.15) is 13.2 Å². The molecular formula is C18H14ClF3N2O3S. The molecule has 0 fully saturated rings. The molecule has 0 saturated carbocycles. The monoisotopic (exact) mass is 430 g/mol. The van der Waals surface area contributed by atoms with Gasteiger partial charge in [-0.25, -0.2) is 0 Å². The van der Waals surface area contributed by atoms with Crippen molar-refractivity contribution in [3.8, 4) is 5.75 Å². The number of benzene rings is 2. The summed E-state index contributed by atoms with van der Waals surface area (Å²) >= 11 is 7.38. The summed E-state index contributed by atoms with van der Waals surface area (Å²) in [6.07, 6.45) is -4.16. The topological polar surface area (TPSA) is 67.4 Å². The maximum Gasteiger partial charge on any atom is 0.422 e. The molecule has 0 aromatic heterocycles. The number of carbonyl (C=O) groups excluding carboxylic acids is 2. The lowest BCUT2D eigenvalue weighted by Gasteiger charge is -2.15. The van der Waals surface area contributed by atoms with Crippen LogP contribution in [0.1, 0.15) is 16.8 Å². The number of amides is 2. The number of thioether (sulfide) groups is 1.